The van der Waals surface area contributed by atoms with Crippen molar-refractivity contribution in [3.63, 3.8) is 0 Å². The first-order chi connectivity index (χ1) is 16.3. The summed E-state index contributed by atoms with van der Waals surface area (Å²) in [5.41, 5.74) is 0.889. The van der Waals surface area contributed by atoms with Gasteiger partial charge in [-0.1, -0.05) is 18.2 Å². The first-order valence-corrected chi connectivity index (χ1v) is 12.5. The number of nitrogens with one attached hydrogen (secondary N) is 3. The molecule has 3 rings (SSSR count). The van der Waals surface area contributed by atoms with E-state index < -0.39 is 22.0 Å². The van der Waals surface area contributed by atoms with Crippen LogP contribution in [0.15, 0.2) is 53.4 Å². The summed E-state index contributed by atoms with van der Waals surface area (Å²) in [6.45, 7) is 4.97. The summed E-state index contributed by atoms with van der Waals surface area (Å²) in [7, 11) is -3.74. The number of morpholine rings is 1. The Bertz CT molecular complexity index is 1090. The van der Waals surface area contributed by atoms with Crippen LogP contribution in [0, 0.1) is 0 Å². The van der Waals surface area contributed by atoms with Crippen LogP contribution in [-0.4, -0.2) is 63.6 Å². The van der Waals surface area contributed by atoms with Crippen LogP contribution in [0.3, 0.4) is 0 Å². The second-order valence-electron chi connectivity index (χ2n) is 7.89. The number of benzene rings is 2. The highest BCUT2D eigenvalue weighted by molar-refractivity contribution is 7.89. The predicted octanol–water partition coefficient (Wildman–Crippen LogP) is 2.65. The minimum absolute atomic E-state index is 0.0101. The Labute approximate surface area is 199 Å². The number of anilines is 2. The molecule has 0 saturated carbocycles. The first kappa shape index (κ1) is 25.5. The summed E-state index contributed by atoms with van der Waals surface area (Å²) in [6.07, 6.45) is -0.190. The van der Waals surface area contributed by atoms with Crippen molar-refractivity contribution in [2.45, 2.75) is 31.3 Å². The zero-order chi connectivity index (χ0) is 24.6. The van der Waals surface area contributed by atoms with Gasteiger partial charge < -0.3 is 25.4 Å². The maximum absolute atomic E-state index is 13.0. The van der Waals surface area contributed by atoms with E-state index in [2.05, 4.69) is 16.0 Å². The van der Waals surface area contributed by atoms with Crippen molar-refractivity contribution in [2.24, 2.45) is 0 Å². The second kappa shape index (κ2) is 11.8. The van der Waals surface area contributed by atoms with Crippen LogP contribution < -0.4 is 20.7 Å². The van der Waals surface area contributed by atoms with E-state index in [1.54, 1.807) is 24.3 Å². The summed E-state index contributed by atoms with van der Waals surface area (Å²) in [6, 6.07) is 12.9. The van der Waals surface area contributed by atoms with Crippen LogP contribution in [0.2, 0.25) is 0 Å². The molecule has 3 amide bonds. The molecule has 11 heteroatoms. The van der Waals surface area contributed by atoms with Crippen molar-refractivity contribution in [1.29, 1.82) is 0 Å². The summed E-state index contributed by atoms with van der Waals surface area (Å²) in [5, 5.41) is 8.00. The number of nitrogens with zero attached hydrogens (tertiary/aromatic N) is 1. The average molecular weight is 491 g/mol. The number of sulfonamides is 1. The smallest absolute Gasteiger partial charge is 0.319 e. The number of carbonyl (C=O) groups is 2. The van der Waals surface area contributed by atoms with Gasteiger partial charge in [-0.05, 0) is 44.2 Å². The van der Waals surface area contributed by atoms with Crippen LogP contribution in [0.4, 0.5) is 16.2 Å². The molecule has 0 unspecified atom stereocenters. The highest BCUT2D eigenvalue weighted by Gasteiger charge is 2.27. The Morgan fingerprint density at radius 1 is 1.06 bits per heavy atom. The monoisotopic (exact) mass is 490 g/mol. The van der Waals surface area contributed by atoms with Gasteiger partial charge in [0.1, 0.15) is 5.75 Å². The molecule has 0 radical (unpaired) electrons. The van der Waals surface area contributed by atoms with Gasteiger partial charge >= 0.3 is 6.03 Å². The molecule has 2 aromatic rings. The molecule has 10 nitrogen and oxygen atoms in total. The molecule has 2 aromatic carbocycles. The van der Waals surface area contributed by atoms with E-state index in [4.69, 9.17) is 9.47 Å². The largest absolute Gasteiger partial charge is 0.489 e. The topological polar surface area (TPSA) is 126 Å². The average Bonchev–Trinajstić information content (AvgIpc) is 2.81. The Balaban J connectivity index is 1.64. The molecule has 1 fully saturated rings. The van der Waals surface area contributed by atoms with Crippen molar-refractivity contribution >= 4 is 33.3 Å². The molecule has 0 aliphatic carbocycles. The lowest BCUT2D eigenvalue weighted by molar-refractivity contribution is -0.116. The molecular weight excluding hydrogens is 460 g/mol. The molecule has 1 heterocycles. The Morgan fingerprint density at radius 3 is 2.44 bits per heavy atom. The Hall–Kier alpha value is -3.15. The third-order valence-corrected chi connectivity index (χ3v) is 6.76. The van der Waals surface area contributed by atoms with Crippen LogP contribution in [-0.2, 0) is 19.6 Å². The maximum atomic E-state index is 13.0. The van der Waals surface area contributed by atoms with Crippen molar-refractivity contribution in [1.82, 2.24) is 9.62 Å². The van der Waals surface area contributed by atoms with Gasteiger partial charge in [-0.2, -0.15) is 4.31 Å². The van der Waals surface area contributed by atoms with Gasteiger partial charge in [0, 0.05) is 31.7 Å². The molecule has 3 N–H and O–H groups in total. The second-order valence-corrected chi connectivity index (χ2v) is 9.82. The maximum Gasteiger partial charge on any atom is 0.319 e. The fourth-order valence-corrected chi connectivity index (χ4v) is 4.69. The summed E-state index contributed by atoms with van der Waals surface area (Å²) in [5.74, 6) is -0.0337. The third-order valence-electron chi connectivity index (χ3n) is 4.86. The number of hydrogen-bond acceptors (Lipinski definition) is 6. The zero-order valence-electron chi connectivity index (χ0n) is 19.2. The van der Waals surface area contributed by atoms with Gasteiger partial charge in [0.2, 0.25) is 15.9 Å². The molecule has 0 atom stereocenters. The molecule has 184 valence electrons. The van der Waals surface area contributed by atoms with Crippen molar-refractivity contribution in [3.05, 3.63) is 48.5 Å². The normalized spacial score (nSPS) is 14.4. The van der Waals surface area contributed by atoms with Crippen LogP contribution in [0.5, 0.6) is 5.75 Å². The van der Waals surface area contributed by atoms with Crippen molar-refractivity contribution < 1.29 is 27.5 Å². The lowest BCUT2D eigenvalue weighted by Gasteiger charge is -2.26. The van der Waals surface area contributed by atoms with E-state index in [-0.39, 0.29) is 42.7 Å². The molecule has 34 heavy (non-hydrogen) atoms. The molecular formula is C23H30N4O6S. The molecule has 1 aliphatic heterocycles. The lowest BCUT2D eigenvalue weighted by atomic mass is 10.2. The standard InChI is InChI=1S/C23H30N4O6S/c1-17(2)33-21-9-8-19(34(30,31)27-12-14-32-15-13-27)16-20(21)26-22(28)10-11-24-23(29)25-18-6-4-3-5-7-18/h3-9,16-17H,10-15H2,1-2H3,(H,26,28)(H2,24,25,29). The van der Waals surface area contributed by atoms with Crippen LogP contribution in [0.1, 0.15) is 20.3 Å². The minimum Gasteiger partial charge on any atom is -0.489 e. The first-order valence-electron chi connectivity index (χ1n) is 11.0. The Kier molecular flexibility index (Phi) is 8.85. The third kappa shape index (κ3) is 7.17. The van der Waals surface area contributed by atoms with Gasteiger partial charge in [0.25, 0.3) is 0 Å². The van der Waals surface area contributed by atoms with Crippen LogP contribution in [0.25, 0.3) is 0 Å². The van der Waals surface area contributed by atoms with Crippen molar-refractivity contribution in [3.8, 4) is 5.75 Å². The fourth-order valence-electron chi connectivity index (χ4n) is 3.26. The Morgan fingerprint density at radius 2 is 1.76 bits per heavy atom. The highest BCUT2D eigenvalue weighted by Crippen LogP contribution is 2.30. The molecule has 0 spiro atoms. The van der Waals surface area contributed by atoms with Gasteiger partial charge in [-0.3, -0.25) is 4.79 Å². The minimum atomic E-state index is -3.74. The summed E-state index contributed by atoms with van der Waals surface area (Å²) in [4.78, 5) is 24.6. The SMILES string of the molecule is CC(C)Oc1ccc(S(=O)(=O)N2CCOCC2)cc1NC(=O)CCNC(=O)Nc1ccccc1. The van der Waals surface area contributed by atoms with Crippen LogP contribution >= 0.6 is 0 Å². The van der Waals surface area contributed by atoms with E-state index in [0.29, 0.717) is 24.7 Å². The van der Waals surface area contributed by atoms with Gasteiger partial charge in [-0.15, -0.1) is 0 Å². The number of para-hydroxylation sites is 1. The number of ether oxygens (including phenoxy) is 2. The molecule has 0 aromatic heterocycles. The predicted molar refractivity (Wildman–Crippen MR) is 128 cm³/mol. The van der Waals surface area contributed by atoms with E-state index in [1.807, 2.05) is 19.9 Å². The molecule has 1 aliphatic rings. The summed E-state index contributed by atoms with van der Waals surface area (Å²) >= 11 is 0. The molecule has 1 saturated heterocycles. The fraction of sp³-hybridized carbons (Fsp3) is 0.391. The lowest BCUT2D eigenvalue weighted by Crippen LogP contribution is -2.40. The highest BCUT2D eigenvalue weighted by atomic mass is 32.2. The number of amides is 3. The van der Waals surface area contributed by atoms with Crippen molar-refractivity contribution in [2.75, 3.05) is 43.5 Å². The number of urea groups is 1. The van der Waals surface area contributed by atoms with E-state index in [0.717, 1.165) is 0 Å². The van der Waals surface area contributed by atoms with Gasteiger partial charge in [-0.25, -0.2) is 13.2 Å². The number of rotatable bonds is 9. The number of hydrogen-bond donors (Lipinski definition) is 3. The molecule has 0 bridgehead atoms. The number of carbonyl (C=O) groups excluding carboxylic acids is 2. The quantitative estimate of drug-likeness (QED) is 0.496. The zero-order valence-corrected chi connectivity index (χ0v) is 20.1. The van der Waals surface area contributed by atoms with E-state index in [1.165, 1.54) is 22.5 Å². The van der Waals surface area contributed by atoms with E-state index in [9.17, 15) is 18.0 Å². The van der Waals surface area contributed by atoms with E-state index >= 15 is 0 Å². The van der Waals surface area contributed by atoms with Gasteiger partial charge in [0.15, 0.2) is 0 Å². The van der Waals surface area contributed by atoms with Gasteiger partial charge in [0.05, 0.1) is 29.9 Å². The summed E-state index contributed by atoms with van der Waals surface area (Å²) < 4.78 is 38.4.